The van der Waals surface area contributed by atoms with Crippen LogP contribution in [0.5, 0.6) is 0 Å². The number of benzene rings is 1. The van der Waals surface area contributed by atoms with Gasteiger partial charge in [0.05, 0.1) is 29.0 Å². The number of nitrogens with zero attached hydrogens (tertiary/aromatic N) is 6. The first-order valence-corrected chi connectivity index (χ1v) is 10.6. The Kier molecular flexibility index (Phi) is 3.87. The van der Waals surface area contributed by atoms with E-state index < -0.39 is 10.0 Å². The van der Waals surface area contributed by atoms with E-state index in [2.05, 4.69) is 15.3 Å². The zero-order chi connectivity index (χ0) is 18.4. The van der Waals surface area contributed by atoms with Crippen LogP contribution in [0.2, 0.25) is 0 Å². The van der Waals surface area contributed by atoms with Crippen molar-refractivity contribution in [1.82, 2.24) is 29.1 Å². The number of piperidine rings is 1. The Hall–Kier alpha value is -2.52. The Balaban J connectivity index is 1.41. The average molecular weight is 384 g/mol. The van der Waals surface area contributed by atoms with E-state index in [1.807, 2.05) is 12.3 Å². The second kappa shape index (κ2) is 6.28. The highest BCUT2D eigenvalue weighted by Gasteiger charge is 2.48. The lowest BCUT2D eigenvalue weighted by atomic mass is 10.0. The number of rotatable bonds is 4. The second-order valence-electron chi connectivity index (χ2n) is 7.14. The molecule has 8 nitrogen and oxygen atoms in total. The van der Waals surface area contributed by atoms with Crippen LogP contribution in [-0.2, 0) is 10.0 Å². The number of aromatic nitrogens is 5. The van der Waals surface area contributed by atoms with Crippen molar-refractivity contribution in [2.45, 2.75) is 48.7 Å². The fraction of sp³-hybridized carbons (Fsp3) is 0.389. The summed E-state index contributed by atoms with van der Waals surface area (Å²) in [4.78, 5) is 2.07. The van der Waals surface area contributed by atoms with Crippen molar-refractivity contribution in [3.05, 3.63) is 55.1 Å². The molecule has 0 amide bonds. The third-order valence-electron chi connectivity index (χ3n) is 5.59. The lowest BCUT2D eigenvalue weighted by molar-refractivity contribution is 0.174. The molecule has 9 heteroatoms. The lowest BCUT2D eigenvalue weighted by Crippen LogP contribution is -2.47. The first-order chi connectivity index (χ1) is 13.1. The molecule has 2 aromatic heterocycles. The van der Waals surface area contributed by atoms with Crippen molar-refractivity contribution in [1.29, 1.82) is 0 Å². The molecule has 2 fully saturated rings. The molecule has 2 saturated heterocycles. The van der Waals surface area contributed by atoms with Crippen LogP contribution in [0, 0.1) is 0 Å². The van der Waals surface area contributed by atoms with Crippen LogP contribution in [0.15, 0.2) is 60.0 Å². The molecule has 140 valence electrons. The molecule has 1 aromatic carbocycles. The van der Waals surface area contributed by atoms with Gasteiger partial charge in [-0.25, -0.2) is 13.1 Å². The minimum Gasteiger partial charge on any atom is -0.241 e. The Bertz CT molecular complexity index is 1000. The second-order valence-corrected chi connectivity index (χ2v) is 8.98. The molecule has 2 unspecified atom stereocenters. The summed E-state index contributed by atoms with van der Waals surface area (Å²) in [7, 11) is -3.52. The Morgan fingerprint density at radius 1 is 0.852 bits per heavy atom. The molecule has 5 rings (SSSR count). The van der Waals surface area contributed by atoms with Gasteiger partial charge in [-0.1, -0.05) is 0 Å². The molecule has 0 radical (unpaired) electrons. The van der Waals surface area contributed by atoms with Gasteiger partial charge in [-0.15, -0.1) is 0 Å². The minimum atomic E-state index is -3.52. The molecule has 0 spiro atoms. The maximum absolute atomic E-state index is 13.3. The largest absolute Gasteiger partial charge is 0.243 e. The highest BCUT2D eigenvalue weighted by Crippen LogP contribution is 2.43. The number of hydrogen-bond donors (Lipinski definition) is 0. The van der Waals surface area contributed by atoms with Crippen LogP contribution in [0.4, 0.5) is 0 Å². The molecule has 2 aliphatic rings. The van der Waals surface area contributed by atoms with E-state index in [1.54, 1.807) is 56.6 Å². The summed E-state index contributed by atoms with van der Waals surface area (Å²) in [6, 6.07) is 8.96. The average Bonchev–Trinajstić information content (AvgIpc) is 3.43. The van der Waals surface area contributed by atoms with E-state index in [1.165, 1.54) is 0 Å². The van der Waals surface area contributed by atoms with Gasteiger partial charge < -0.3 is 0 Å². The highest BCUT2D eigenvalue weighted by atomic mass is 32.2. The van der Waals surface area contributed by atoms with Crippen LogP contribution < -0.4 is 0 Å². The number of sulfonamides is 1. The Morgan fingerprint density at radius 2 is 1.52 bits per heavy atom. The molecule has 2 atom stereocenters. The predicted octanol–water partition coefficient (Wildman–Crippen LogP) is 2.02. The number of hydrogen-bond acceptors (Lipinski definition) is 5. The van der Waals surface area contributed by atoms with Crippen LogP contribution in [0.3, 0.4) is 0 Å². The minimum absolute atomic E-state index is 0.00976. The van der Waals surface area contributed by atoms with E-state index in [0.717, 1.165) is 31.4 Å². The normalized spacial score (nSPS) is 25.7. The van der Waals surface area contributed by atoms with Crippen LogP contribution in [0.1, 0.15) is 31.7 Å². The monoisotopic (exact) mass is 384 g/mol. The molecule has 27 heavy (non-hydrogen) atoms. The number of fused-ring (bicyclic) bond motifs is 2. The molecular formula is C18H20N6O2S. The first-order valence-electron chi connectivity index (χ1n) is 9.12. The highest BCUT2D eigenvalue weighted by molar-refractivity contribution is 7.89. The van der Waals surface area contributed by atoms with Gasteiger partial charge >= 0.3 is 0 Å². The van der Waals surface area contributed by atoms with Gasteiger partial charge in [0.1, 0.15) is 0 Å². The van der Waals surface area contributed by atoms with Gasteiger partial charge in [0.15, 0.2) is 0 Å². The van der Waals surface area contributed by atoms with Crippen LogP contribution in [-0.4, -0.2) is 49.6 Å². The van der Waals surface area contributed by atoms with E-state index in [0.29, 0.717) is 4.90 Å². The van der Waals surface area contributed by atoms with Gasteiger partial charge in [0.2, 0.25) is 10.0 Å². The van der Waals surface area contributed by atoms with Crippen LogP contribution >= 0.6 is 0 Å². The lowest BCUT2D eigenvalue weighted by Gasteiger charge is -2.37. The summed E-state index contributed by atoms with van der Waals surface area (Å²) < 4.78 is 30.1. The Labute approximate surface area is 157 Å². The smallest absolute Gasteiger partial charge is 0.241 e. The molecule has 4 heterocycles. The maximum atomic E-state index is 13.3. The third kappa shape index (κ3) is 2.78. The van der Waals surface area contributed by atoms with Crippen molar-refractivity contribution in [2.75, 3.05) is 0 Å². The fourth-order valence-corrected chi connectivity index (χ4v) is 6.31. The van der Waals surface area contributed by atoms with Crippen LogP contribution in [0.25, 0.3) is 5.69 Å². The molecule has 3 aromatic rings. The predicted molar refractivity (Wildman–Crippen MR) is 97.7 cm³/mol. The fourth-order valence-electron chi connectivity index (χ4n) is 4.42. The standard InChI is InChI=1S/C18H20N6O2S/c25-27(26,18-6-4-14(5-7-18)22-11-1-8-19-22)23-15-2-3-16(23)13-17(12-15)24-20-9-10-21-24/h1,4-11,15-17H,2-3,12-13H2. The van der Waals surface area contributed by atoms with Crippen molar-refractivity contribution in [3.63, 3.8) is 0 Å². The van der Waals surface area contributed by atoms with E-state index >= 15 is 0 Å². The summed E-state index contributed by atoms with van der Waals surface area (Å²) in [5.41, 5.74) is 0.838. The van der Waals surface area contributed by atoms with Crippen molar-refractivity contribution in [3.8, 4) is 5.69 Å². The molecular weight excluding hydrogens is 364 g/mol. The summed E-state index contributed by atoms with van der Waals surface area (Å²) in [6.07, 6.45) is 10.2. The quantitative estimate of drug-likeness (QED) is 0.687. The summed E-state index contributed by atoms with van der Waals surface area (Å²) >= 11 is 0. The summed E-state index contributed by atoms with van der Waals surface area (Å²) in [6.45, 7) is 0. The third-order valence-corrected chi connectivity index (χ3v) is 7.60. The van der Waals surface area contributed by atoms with Gasteiger partial charge in [-0.2, -0.15) is 24.4 Å². The molecule has 2 aliphatic heterocycles. The molecule has 2 bridgehead atoms. The summed E-state index contributed by atoms with van der Waals surface area (Å²) in [5.74, 6) is 0. The molecule has 0 saturated carbocycles. The van der Waals surface area contributed by atoms with E-state index in [4.69, 9.17) is 0 Å². The van der Waals surface area contributed by atoms with Gasteiger partial charge in [0.25, 0.3) is 0 Å². The van der Waals surface area contributed by atoms with Gasteiger partial charge in [-0.05, 0) is 56.0 Å². The van der Waals surface area contributed by atoms with E-state index in [-0.39, 0.29) is 18.1 Å². The van der Waals surface area contributed by atoms with Crippen molar-refractivity contribution >= 4 is 10.0 Å². The maximum Gasteiger partial charge on any atom is 0.243 e. The van der Waals surface area contributed by atoms with E-state index in [9.17, 15) is 8.42 Å². The first kappa shape index (κ1) is 16.6. The summed E-state index contributed by atoms with van der Waals surface area (Å²) in [5, 5.41) is 12.7. The SMILES string of the molecule is O=S(=O)(c1ccc(-n2cccn2)cc1)N1C2CCC1CC(n1nccn1)C2. The zero-order valence-corrected chi connectivity index (χ0v) is 15.5. The topological polar surface area (TPSA) is 85.9 Å². The molecule has 0 N–H and O–H groups in total. The van der Waals surface area contributed by atoms with Crippen molar-refractivity contribution in [2.24, 2.45) is 0 Å². The Morgan fingerprint density at radius 3 is 2.11 bits per heavy atom. The zero-order valence-electron chi connectivity index (χ0n) is 14.7. The van der Waals surface area contributed by atoms with Gasteiger partial charge in [-0.3, -0.25) is 0 Å². The molecule has 0 aliphatic carbocycles. The van der Waals surface area contributed by atoms with Crippen molar-refractivity contribution < 1.29 is 8.42 Å². The van der Waals surface area contributed by atoms with Gasteiger partial charge in [0, 0.05) is 24.5 Å².